The van der Waals surface area contributed by atoms with E-state index in [1.165, 1.54) is 0 Å². The van der Waals surface area contributed by atoms with E-state index in [0.29, 0.717) is 24.7 Å². The fourth-order valence-corrected chi connectivity index (χ4v) is 2.42. The summed E-state index contributed by atoms with van der Waals surface area (Å²) in [6, 6.07) is 5.46. The number of nitrogens with zero attached hydrogens (tertiary/aromatic N) is 2. The lowest BCUT2D eigenvalue weighted by atomic mass is 10.1. The number of oxazole rings is 1. The third kappa shape index (κ3) is 2.19. The molecule has 1 unspecified atom stereocenters. The predicted molar refractivity (Wildman–Crippen MR) is 68.9 cm³/mol. The SMILES string of the molecule is CC1(O)CCN(Cc2nc3ccc(N)cc3o2)C1. The number of rotatable bonds is 2. The van der Waals surface area contributed by atoms with Crippen LogP contribution in [0, 0.1) is 0 Å². The highest BCUT2D eigenvalue weighted by Crippen LogP contribution is 2.24. The maximum absolute atomic E-state index is 9.91. The third-order valence-corrected chi connectivity index (χ3v) is 3.35. The van der Waals surface area contributed by atoms with Gasteiger partial charge in [0.15, 0.2) is 5.58 Å². The molecule has 96 valence electrons. The lowest BCUT2D eigenvalue weighted by Crippen LogP contribution is -2.29. The van der Waals surface area contributed by atoms with Crippen LogP contribution in [0.1, 0.15) is 19.2 Å². The van der Waals surface area contributed by atoms with Crippen molar-refractivity contribution in [2.45, 2.75) is 25.5 Å². The normalized spacial score (nSPS) is 25.0. The molecule has 0 bridgehead atoms. The number of hydrogen-bond donors (Lipinski definition) is 2. The number of likely N-dealkylation sites (tertiary alicyclic amines) is 1. The van der Waals surface area contributed by atoms with Crippen LogP contribution in [0.3, 0.4) is 0 Å². The molecular formula is C13H17N3O2. The molecule has 1 aliphatic heterocycles. The summed E-state index contributed by atoms with van der Waals surface area (Å²) in [6.07, 6.45) is 0.792. The molecule has 2 aromatic rings. The minimum absolute atomic E-state index is 0.587. The molecule has 1 saturated heterocycles. The Morgan fingerprint density at radius 3 is 3.11 bits per heavy atom. The van der Waals surface area contributed by atoms with E-state index in [-0.39, 0.29) is 0 Å². The summed E-state index contributed by atoms with van der Waals surface area (Å²) < 4.78 is 5.66. The molecule has 1 aromatic carbocycles. The van der Waals surface area contributed by atoms with E-state index in [0.717, 1.165) is 24.1 Å². The Balaban J connectivity index is 1.79. The van der Waals surface area contributed by atoms with Crippen LogP contribution in [-0.4, -0.2) is 33.7 Å². The zero-order chi connectivity index (χ0) is 12.8. The van der Waals surface area contributed by atoms with E-state index >= 15 is 0 Å². The highest BCUT2D eigenvalue weighted by molar-refractivity contribution is 5.76. The fraction of sp³-hybridized carbons (Fsp3) is 0.462. The minimum Gasteiger partial charge on any atom is -0.439 e. The summed E-state index contributed by atoms with van der Waals surface area (Å²) in [7, 11) is 0. The Hall–Kier alpha value is -1.59. The quantitative estimate of drug-likeness (QED) is 0.784. The van der Waals surface area contributed by atoms with Gasteiger partial charge in [-0.1, -0.05) is 0 Å². The van der Waals surface area contributed by atoms with Crippen LogP contribution in [0.4, 0.5) is 5.69 Å². The maximum atomic E-state index is 9.91. The summed E-state index contributed by atoms with van der Waals surface area (Å²) in [6.45, 7) is 4.02. The number of hydrogen-bond acceptors (Lipinski definition) is 5. The molecule has 2 heterocycles. The first-order valence-electron chi connectivity index (χ1n) is 6.12. The van der Waals surface area contributed by atoms with Gasteiger partial charge >= 0.3 is 0 Å². The Labute approximate surface area is 105 Å². The van der Waals surface area contributed by atoms with Gasteiger partial charge in [-0.2, -0.15) is 0 Å². The van der Waals surface area contributed by atoms with Gasteiger partial charge in [0.1, 0.15) is 5.52 Å². The van der Waals surface area contributed by atoms with Crippen molar-refractivity contribution in [1.29, 1.82) is 0 Å². The highest BCUT2D eigenvalue weighted by Gasteiger charge is 2.31. The van der Waals surface area contributed by atoms with Crippen molar-refractivity contribution in [3.05, 3.63) is 24.1 Å². The van der Waals surface area contributed by atoms with Gasteiger partial charge in [-0.15, -0.1) is 0 Å². The number of aromatic nitrogens is 1. The van der Waals surface area contributed by atoms with Gasteiger partial charge < -0.3 is 15.3 Å². The maximum Gasteiger partial charge on any atom is 0.209 e. The molecule has 5 heteroatoms. The second-order valence-corrected chi connectivity index (χ2v) is 5.29. The molecule has 0 aliphatic carbocycles. The van der Waals surface area contributed by atoms with Crippen LogP contribution in [0.2, 0.25) is 0 Å². The summed E-state index contributed by atoms with van der Waals surface area (Å²) in [5.41, 5.74) is 7.33. The largest absolute Gasteiger partial charge is 0.439 e. The van der Waals surface area contributed by atoms with Crippen molar-refractivity contribution >= 4 is 16.8 Å². The molecule has 3 N–H and O–H groups in total. The monoisotopic (exact) mass is 247 g/mol. The Bertz CT molecular complexity index is 577. The van der Waals surface area contributed by atoms with Crippen LogP contribution in [0.25, 0.3) is 11.1 Å². The number of nitrogen functional groups attached to an aromatic ring is 1. The van der Waals surface area contributed by atoms with Crippen LogP contribution < -0.4 is 5.73 Å². The standard InChI is InChI=1S/C13H17N3O2/c1-13(17)4-5-16(8-13)7-12-15-10-3-2-9(14)6-11(10)18-12/h2-3,6,17H,4-5,7-8,14H2,1H3. The number of aliphatic hydroxyl groups is 1. The molecule has 5 nitrogen and oxygen atoms in total. The number of β-amino-alcohol motifs (C(OH)–C–C–N with tert-alkyl or cyclic N) is 1. The molecule has 0 spiro atoms. The lowest BCUT2D eigenvalue weighted by Gasteiger charge is -2.17. The average molecular weight is 247 g/mol. The van der Waals surface area contributed by atoms with Crippen molar-refractivity contribution in [1.82, 2.24) is 9.88 Å². The van der Waals surface area contributed by atoms with E-state index in [4.69, 9.17) is 10.2 Å². The number of benzene rings is 1. The number of fused-ring (bicyclic) bond motifs is 1. The molecule has 0 saturated carbocycles. The number of nitrogens with two attached hydrogens (primary N) is 1. The van der Waals surface area contributed by atoms with Crippen molar-refractivity contribution in [2.75, 3.05) is 18.8 Å². The average Bonchev–Trinajstić information content (AvgIpc) is 2.81. The molecule has 0 radical (unpaired) electrons. The fourth-order valence-electron chi connectivity index (χ4n) is 2.42. The second-order valence-electron chi connectivity index (χ2n) is 5.29. The molecular weight excluding hydrogens is 230 g/mol. The molecule has 1 atom stereocenters. The summed E-state index contributed by atoms with van der Waals surface area (Å²) in [5.74, 6) is 0.674. The summed E-state index contributed by atoms with van der Waals surface area (Å²) >= 11 is 0. The lowest BCUT2D eigenvalue weighted by molar-refractivity contribution is 0.0669. The van der Waals surface area contributed by atoms with Crippen molar-refractivity contribution in [3.8, 4) is 0 Å². The minimum atomic E-state index is -0.587. The van der Waals surface area contributed by atoms with Gasteiger partial charge in [0.25, 0.3) is 0 Å². The topological polar surface area (TPSA) is 75.5 Å². The molecule has 1 aliphatic rings. The van der Waals surface area contributed by atoms with Crippen molar-refractivity contribution in [2.24, 2.45) is 0 Å². The van der Waals surface area contributed by atoms with Gasteiger partial charge in [0, 0.05) is 24.8 Å². The van der Waals surface area contributed by atoms with E-state index in [2.05, 4.69) is 9.88 Å². The van der Waals surface area contributed by atoms with Crippen LogP contribution in [-0.2, 0) is 6.54 Å². The van der Waals surface area contributed by atoms with E-state index in [1.807, 2.05) is 19.1 Å². The molecule has 3 rings (SSSR count). The van der Waals surface area contributed by atoms with Crippen molar-refractivity contribution < 1.29 is 9.52 Å². The molecule has 0 amide bonds. The van der Waals surface area contributed by atoms with Gasteiger partial charge in [0.05, 0.1) is 12.1 Å². The molecule has 18 heavy (non-hydrogen) atoms. The summed E-state index contributed by atoms with van der Waals surface area (Å²) in [5, 5.41) is 9.91. The van der Waals surface area contributed by atoms with Gasteiger partial charge in [-0.05, 0) is 25.5 Å². The van der Waals surface area contributed by atoms with E-state index in [9.17, 15) is 5.11 Å². The molecule has 1 fully saturated rings. The predicted octanol–water partition coefficient (Wildman–Crippen LogP) is 1.37. The van der Waals surface area contributed by atoms with E-state index < -0.39 is 5.60 Å². The van der Waals surface area contributed by atoms with Gasteiger partial charge in [0.2, 0.25) is 5.89 Å². The zero-order valence-electron chi connectivity index (χ0n) is 10.4. The Kier molecular flexibility index (Phi) is 2.53. The zero-order valence-corrected chi connectivity index (χ0v) is 10.4. The van der Waals surface area contributed by atoms with Crippen LogP contribution in [0.15, 0.2) is 22.6 Å². The first kappa shape index (κ1) is 11.5. The van der Waals surface area contributed by atoms with Gasteiger partial charge in [-0.25, -0.2) is 4.98 Å². The second kappa shape index (κ2) is 3.96. The first-order chi connectivity index (χ1) is 8.52. The number of anilines is 1. The van der Waals surface area contributed by atoms with E-state index in [1.54, 1.807) is 6.07 Å². The van der Waals surface area contributed by atoms with Crippen LogP contribution >= 0.6 is 0 Å². The Morgan fingerprint density at radius 2 is 2.39 bits per heavy atom. The Morgan fingerprint density at radius 1 is 1.56 bits per heavy atom. The first-order valence-corrected chi connectivity index (χ1v) is 6.12. The smallest absolute Gasteiger partial charge is 0.209 e. The van der Waals surface area contributed by atoms with Crippen LogP contribution in [0.5, 0.6) is 0 Å². The molecule has 1 aromatic heterocycles. The van der Waals surface area contributed by atoms with Crippen molar-refractivity contribution in [3.63, 3.8) is 0 Å². The third-order valence-electron chi connectivity index (χ3n) is 3.35. The van der Waals surface area contributed by atoms with Gasteiger partial charge in [-0.3, -0.25) is 4.90 Å². The summed E-state index contributed by atoms with van der Waals surface area (Å²) in [4.78, 5) is 6.57. The highest BCUT2D eigenvalue weighted by atomic mass is 16.3.